The second-order valence-electron chi connectivity index (χ2n) is 11.8. The number of rotatable bonds is 9. The molecule has 0 unspecified atom stereocenters. The summed E-state index contributed by atoms with van der Waals surface area (Å²) >= 11 is 3.48. The summed E-state index contributed by atoms with van der Waals surface area (Å²) in [6.07, 6.45) is 1.61. The average Bonchev–Trinajstić information content (AvgIpc) is 2.75. The molecule has 1 aromatic heterocycles. The van der Waals surface area contributed by atoms with E-state index in [-0.39, 0.29) is 17.0 Å². The van der Waals surface area contributed by atoms with Crippen molar-refractivity contribution in [2.75, 3.05) is 18.4 Å². The van der Waals surface area contributed by atoms with E-state index in [1.165, 1.54) is 6.92 Å². The lowest BCUT2D eigenvalue weighted by Crippen LogP contribution is -2.46. The second-order valence-corrected chi connectivity index (χ2v) is 17.5. The molecule has 0 bridgehead atoms. The first-order valence-electron chi connectivity index (χ1n) is 12.6. The van der Waals surface area contributed by atoms with Crippen molar-refractivity contribution in [3.8, 4) is 0 Å². The number of carbonyl (C=O) groups is 2. The van der Waals surface area contributed by atoms with Gasteiger partial charge in [-0.15, -0.1) is 0 Å². The monoisotopic (exact) mass is 591 g/mol. The molecule has 0 aliphatic heterocycles. The number of anilines is 1. The number of nitrogens with zero attached hydrogens (tertiary/aromatic N) is 2. The third-order valence-corrected chi connectivity index (χ3v) is 11.3. The van der Waals surface area contributed by atoms with Gasteiger partial charge < -0.3 is 19.4 Å². The lowest BCUT2D eigenvalue weighted by Gasteiger charge is -2.40. The molecule has 7 nitrogen and oxygen atoms in total. The van der Waals surface area contributed by atoms with Crippen LogP contribution in [0.2, 0.25) is 18.1 Å². The molecular weight excluding hydrogens is 550 g/mol. The molecule has 0 spiro atoms. The lowest BCUT2D eigenvalue weighted by molar-refractivity contribution is -0.114. The number of carbonyl (C=O) groups excluding carboxylic acids is 2. The van der Waals surface area contributed by atoms with Gasteiger partial charge in [0.15, 0.2) is 8.32 Å². The minimum absolute atomic E-state index is 0.0248. The van der Waals surface area contributed by atoms with Gasteiger partial charge in [0, 0.05) is 24.1 Å². The number of nitrogens with one attached hydrogen (secondary N) is 1. The molecule has 1 N–H and O–H groups in total. The maximum Gasteiger partial charge on any atom is 0.410 e. The van der Waals surface area contributed by atoms with Crippen molar-refractivity contribution in [3.05, 3.63) is 58.2 Å². The Morgan fingerprint density at radius 1 is 1.05 bits per heavy atom. The van der Waals surface area contributed by atoms with Gasteiger partial charge in [0.2, 0.25) is 5.91 Å². The average molecular weight is 593 g/mol. The Morgan fingerprint density at radius 3 is 2.16 bits per heavy atom. The van der Waals surface area contributed by atoms with Crippen LogP contribution in [0.1, 0.15) is 65.7 Å². The van der Waals surface area contributed by atoms with Crippen LogP contribution in [-0.4, -0.2) is 48.9 Å². The van der Waals surface area contributed by atoms with Gasteiger partial charge in [-0.25, -0.2) is 9.78 Å². The summed E-state index contributed by atoms with van der Waals surface area (Å²) in [7, 11) is -2.21. The minimum Gasteiger partial charge on any atom is -0.444 e. The van der Waals surface area contributed by atoms with Crippen LogP contribution in [0, 0.1) is 0 Å². The van der Waals surface area contributed by atoms with Gasteiger partial charge in [0.05, 0.1) is 12.6 Å². The largest absolute Gasteiger partial charge is 0.444 e. The maximum absolute atomic E-state index is 13.3. The predicted molar refractivity (Wildman–Crippen MR) is 155 cm³/mol. The van der Waals surface area contributed by atoms with Crippen molar-refractivity contribution >= 4 is 42.1 Å². The molecular formula is C28H42BrN3O4Si. The summed E-state index contributed by atoms with van der Waals surface area (Å²) in [5.41, 5.74) is 1.35. The van der Waals surface area contributed by atoms with Gasteiger partial charge in [0.1, 0.15) is 11.4 Å². The Morgan fingerprint density at radius 2 is 1.68 bits per heavy atom. The first kappa shape index (κ1) is 31.0. The molecule has 0 saturated carbocycles. The molecule has 0 radical (unpaired) electrons. The SMILES string of the molecule is CC(=O)Nc1ccc([C@H](CN(CCc2ccc(Br)cc2)C(=O)OC(C)(C)C)O[Si](C)(C)C(C)(C)C)cn1. The van der Waals surface area contributed by atoms with E-state index < -0.39 is 20.0 Å². The molecule has 0 aliphatic rings. The maximum atomic E-state index is 13.3. The quantitative estimate of drug-likeness (QED) is 0.308. The molecule has 2 aromatic rings. The predicted octanol–water partition coefficient (Wildman–Crippen LogP) is 7.35. The van der Waals surface area contributed by atoms with Gasteiger partial charge in [-0.2, -0.15) is 0 Å². The molecule has 0 fully saturated rings. The highest BCUT2D eigenvalue weighted by molar-refractivity contribution is 9.10. The summed E-state index contributed by atoms with van der Waals surface area (Å²) < 4.78 is 13.6. The van der Waals surface area contributed by atoms with Crippen LogP contribution in [-0.2, 0) is 20.4 Å². The van der Waals surface area contributed by atoms with Crippen LogP contribution >= 0.6 is 15.9 Å². The molecule has 1 atom stereocenters. The zero-order valence-electron chi connectivity index (χ0n) is 23.6. The van der Waals surface area contributed by atoms with Gasteiger partial charge in [-0.1, -0.05) is 54.9 Å². The Labute approximate surface area is 231 Å². The van der Waals surface area contributed by atoms with E-state index >= 15 is 0 Å². The number of amides is 2. The summed E-state index contributed by atoms with van der Waals surface area (Å²) in [5.74, 6) is 0.292. The number of benzene rings is 1. The van der Waals surface area contributed by atoms with Crippen LogP contribution in [0.4, 0.5) is 10.6 Å². The summed E-state index contributed by atoms with van der Waals surface area (Å²) in [4.78, 5) is 30.9. The fourth-order valence-electron chi connectivity index (χ4n) is 3.29. The molecule has 0 aliphatic carbocycles. The fourth-order valence-corrected chi connectivity index (χ4v) is 4.83. The van der Waals surface area contributed by atoms with Crippen LogP contribution < -0.4 is 5.32 Å². The number of hydrogen-bond acceptors (Lipinski definition) is 5. The highest BCUT2D eigenvalue weighted by Crippen LogP contribution is 2.40. The Balaban J connectivity index is 2.39. The first-order valence-corrected chi connectivity index (χ1v) is 16.3. The molecule has 1 aromatic carbocycles. The van der Waals surface area contributed by atoms with E-state index in [4.69, 9.17) is 9.16 Å². The van der Waals surface area contributed by atoms with E-state index in [0.717, 1.165) is 15.6 Å². The summed E-state index contributed by atoms with van der Waals surface area (Å²) in [6, 6.07) is 11.8. The van der Waals surface area contributed by atoms with Crippen LogP contribution in [0.5, 0.6) is 0 Å². The molecule has 2 amide bonds. The second kappa shape index (κ2) is 12.5. The van der Waals surface area contributed by atoms with E-state index in [1.54, 1.807) is 17.2 Å². The molecule has 37 heavy (non-hydrogen) atoms. The van der Waals surface area contributed by atoms with Crippen LogP contribution in [0.3, 0.4) is 0 Å². The van der Waals surface area contributed by atoms with Gasteiger partial charge in [-0.05, 0) is 74.7 Å². The van der Waals surface area contributed by atoms with Gasteiger partial charge in [-0.3, -0.25) is 4.79 Å². The van der Waals surface area contributed by atoms with Crippen molar-refractivity contribution in [2.45, 2.75) is 84.7 Å². The zero-order chi connectivity index (χ0) is 28.0. The van der Waals surface area contributed by atoms with Crippen LogP contribution in [0.25, 0.3) is 0 Å². The van der Waals surface area contributed by atoms with Crippen molar-refractivity contribution in [1.29, 1.82) is 0 Å². The van der Waals surface area contributed by atoms with E-state index in [1.807, 2.05) is 51.1 Å². The summed E-state index contributed by atoms with van der Waals surface area (Å²) in [5, 5.41) is 2.68. The zero-order valence-corrected chi connectivity index (χ0v) is 26.2. The van der Waals surface area contributed by atoms with Crippen molar-refractivity contribution in [1.82, 2.24) is 9.88 Å². The van der Waals surface area contributed by atoms with Crippen molar-refractivity contribution < 1.29 is 18.8 Å². The third kappa shape index (κ3) is 10.2. The Bertz CT molecular complexity index is 1050. The van der Waals surface area contributed by atoms with Crippen molar-refractivity contribution in [3.63, 3.8) is 0 Å². The number of pyridine rings is 1. The minimum atomic E-state index is -2.21. The normalized spacial score (nSPS) is 13.1. The number of ether oxygens (including phenoxy) is 1. The first-order chi connectivity index (χ1) is 17.0. The standard InChI is InChI=1S/C28H42BrN3O4Si/c1-20(33)31-25-15-12-22(18-30-25)24(36-37(8,9)28(5,6)7)19-32(26(34)35-27(2,3)4)17-16-21-10-13-23(29)14-11-21/h10-15,18,24H,16-17,19H2,1-9H3,(H,30,31,33)/t24-/m0/s1. The van der Waals surface area contributed by atoms with E-state index in [2.05, 4.69) is 60.1 Å². The molecule has 1 heterocycles. The van der Waals surface area contributed by atoms with Crippen molar-refractivity contribution in [2.24, 2.45) is 0 Å². The topological polar surface area (TPSA) is 80.8 Å². The molecule has 204 valence electrons. The van der Waals surface area contributed by atoms with E-state index in [9.17, 15) is 9.59 Å². The Kier molecular flexibility index (Phi) is 10.5. The third-order valence-electron chi connectivity index (χ3n) is 6.33. The lowest BCUT2D eigenvalue weighted by atomic mass is 10.1. The van der Waals surface area contributed by atoms with Crippen LogP contribution in [0.15, 0.2) is 47.1 Å². The number of halogens is 1. The molecule has 2 rings (SSSR count). The van der Waals surface area contributed by atoms with Gasteiger partial charge in [0.25, 0.3) is 0 Å². The molecule has 9 heteroatoms. The fraction of sp³-hybridized carbons (Fsp3) is 0.536. The highest BCUT2D eigenvalue weighted by Gasteiger charge is 2.40. The van der Waals surface area contributed by atoms with Gasteiger partial charge >= 0.3 is 6.09 Å². The Hall–Kier alpha value is -2.23. The number of hydrogen-bond donors (Lipinski definition) is 1. The molecule has 0 saturated heterocycles. The van der Waals surface area contributed by atoms with E-state index in [0.29, 0.717) is 25.3 Å². The smallest absolute Gasteiger partial charge is 0.410 e. The summed E-state index contributed by atoms with van der Waals surface area (Å²) in [6.45, 7) is 18.8. The highest BCUT2D eigenvalue weighted by atomic mass is 79.9. The number of aromatic nitrogens is 1.